The average molecular weight is 299 g/mol. The third-order valence-electron chi connectivity index (χ3n) is 4.25. The number of nitrogens with zero attached hydrogens (tertiary/aromatic N) is 2. The Morgan fingerprint density at radius 1 is 1.50 bits per heavy atom. The first-order valence-corrected chi connectivity index (χ1v) is 7.62. The highest BCUT2D eigenvalue weighted by Crippen LogP contribution is 2.36. The molecule has 2 aromatic rings. The van der Waals surface area contributed by atoms with Crippen LogP contribution in [0.1, 0.15) is 36.1 Å². The van der Waals surface area contributed by atoms with Crippen LogP contribution in [0.15, 0.2) is 24.4 Å². The Labute approximate surface area is 130 Å². The molecule has 1 N–H and O–H groups in total. The van der Waals surface area contributed by atoms with Gasteiger partial charge in [-0.2, -0.15) is 5.10 Å². The number of amides is 1. The van der Waals surface area contributed by atoms with E-state index in [2.05, 4.69) is 16.5 Å². The molecule has 0 aliphatic heterocycles. The summed E-state index contributed by atoms with van der Waals surface area (Å²) < 4.78 is 7.02. The summed E-state index contributed by atoms with van der Waals surface area (Å²) in [6.07, 6.45) is 4.44. The lowest BCUT2D eigenvalue weighted by atomic mass is 10.00. The second-order valence-corrected chi connectivity index (χ2v) is 5.66. The first kappa shape index (κ1) is 14.6. The Balaban J connectivity index is 1.83. The SMILES string of the molecule is CCc1nn(C)cc1NC(=O)C1CCc2ccc(OC)cc21. The Morgan fingerprint density at radius 2 is 2.32 bits per heavy atom. The number of rotatable bonds is 4. The van der Waals surface area contributed by atoms with Crippen LogP contribution in [-0.4, -0.2) is 22.8 Å². The zero-order valence-electron chi connectivity index (χ0n) is 13.2. The van der Waals surface area contributed by atoms with Gasteiger partial charge in [0.15, 0.2) is 0 Å². The molecule has 0 saturated carbocycles. The van der Waals surface area contributed by atoms with Crippen LogP contribution >= 0.6 is 0 Å². The molecule has 1 aliphatic rings. The summed E-state index contributed by atoms with van der Waals surface area (Å²) in [6, 6.07) is 6.00. The summed E-state index contributed by atoms with van der Waals surface area (Å²) in [4.78, 5) is 12.7. The monoisotopic (exact) mass is 299 g/mol. The van der Waals surface area contributed by atoms with Crippen molar-refractivity contribution in [3.63, 3.8) is 0 Å². The molecular weight excluding hydrogens is 278 g/mol. The number of hydrogen-bond acceptors (Lipinski definition) is 3. The number of hydrogen-bond donors (Lipinski definition) is 1. The van der Waals surface area contributed by atoms with Crippen molar-refractivity contribution in [2.24, 2.45) is 7.05 Å². The van der Waals surface area contributed by atoms with Crippen molar-refractivity contribution >= 4 is 11.6 Å². The van der Waals surface area contributed by atoms with Crippen molar-refractivity contribution in [3.8, 4) is 5.75 Å². The van der Waals surface area contributed by atoms with Crippen molar-refractivity contribution in [1.82, 2.24) is 9.78 Å². The molecule has 0 radical (unpaired) electrons. The first-order chi connectivity index (χ1) is 10.6. The van der Waals surface area contributed by atoms with Crippen molar-refractivity contribution in [2.45, 2.75) is 32.1 Å². The molecule has 1 aliphatic carbocycles. The van der Waals surface area contributed by atoms with E-state index in [1.54, 1.807) is 11.8 Å². The van der Waals surface area contributed by atoms with Gasteiger partial charge < -0.3 is 10.1 Å². The van der Waals surface area contributed by atoms with Gasteiger partial charge in [-0.15, -0.1) is 0 Å². The fourth-order valence-electron chi connectivity index (χ4n) is 3.10. The van der Waals surface area contributed by atoms with Crippen LogP contribution in [0, 0.1) is 0 Å². The largest absolute Gasteiger partial charge is 0.497 e. The number of ether oxygens (including phenoxy) is 1. The maximum absolute atomic E-state index is 12.7. The Hall–Kier alpha value is -2.30. The molecule has 1 atom stereocenters. The maximum Gasteiger partial charge on any atom is 0.232 e. The molecule has 0 bridgehead atoms. The second-order valence-electron chi connectivity index (χ2n) is 5.66. The lowest BCUT2D eigenvalue weighted by molar-refractivity contribution is -0.117. The Kier molecular flexibility index (Phi) is 3.88. The summed E-state index contributed by atoms with van der Waals surface area (Å²) in [7, 11) is 3.51. The van der Waals surface area contributed by atoms with Crippen molar-refractivity contribution in [3.05, 3.63) is 41.2 Å². The third kappa shape index (κ3) is 2.58. The number of nitrogens with one attached hydrogen (secondary N) is 1. The van der Waals surface area contributed by atoms with Crippen LogP contribution in [-0.2, 0) is 24.7 Å². The van der Waals surface area contributed by atoms with Gasteiger partial charge in [0.2, 0.25) is 5.91 Å². The fourth-order valence-corrected chi connectivity index (χ4v) is 3.10. The Morgan fingerprint density at radius 3 is 3.05 bits per heavy atom. The standard InChI is InChI=1S/C17H21N3O2/c1-4-15-16(10-20(2)19-15)18-17(21)13-8-6-11-5-7-12(22-3)9-14(11)13/h5,7,9-10,13H,4,6,8H2,1-3H3,(H,18,21). The number of benzene rings is 1. The van der Waals surface area contributed by atoms with E-state index in [1.807, 2.05) is 32.3 Å². The van der Waals surface area contributed by atoms with Gasteiger partial charge >= 0.3 is 0 Å². The predicted molar refractivity (Wildman–Crippen MR) is 85.3 cm³/mol. The summed E-state index contributed by atoms with van der Waals surface area (Å²) in [5, 5.41) is 7.40. The molecule has 1 unspecified atom stereocenters. The zero-order valence-corrected chi connectivity index (χ0v) is 13.2. The van der Waals surface area contributed by atoms with Gasteiger partial charge in [0.1, 0.15) is 5.75 Å². The molecule has 116 valence electrons. The summed E-state index contributed by atoms with van der Waals surface area (Å²) >= 11 is 0. The van der Waals surface area contributed by atoms with E-state index >= 15 is 0 Å². The van der Waals surface area contributed by atoms with E-state index in [9.17, 15) is 4.79 Å². The quantitative estimate of drug-likeness (QED) is 0.944. The highest BCUT2D eigenvalue weighted by atomic mass is 16.5. The van der Waals surface area contributed by atoms with E-state index in [0.29, 0.717) is 0 Å². The van der Waals surface area contributed by atoms with Crippen LogP contribution in [0.25, 0.3) is 0 Å². The fraction of sp³-hybridized carbons (Fsp3) is 0.412. The number of anilines is 1. The van der Waals surface area contributed by atoms with E-state index in [4.69, 9.17) is 4.74 Å². The van der Waals surface area contributed by atoms with Gasteiger partial charge in [0.05, 0.1) is 24.4 Å². The highest BCUT2D eigenvalue weighted by Gasteiger charge is 2.29. The average Bonchev–Trinajstić information content (AvgIpc) is 3.09. The number of fused-ring (bicyclic) bond motifs is 1. The molecular formula is C17H21N3O2. The predicted octanol–water partition coefficient (Wildman–Crippen LogP) is 2.66. The minimum Gasteiger partial charge on any atom is -0.497 e. The number of aryl methyl sites for hydroxylation is 3. The number of carbonyl (C=O) groups excluding carboxylic acids is 1. The summed E-state index contributed by atoms with van der Waals surface area (Å²) in [5.74, 6) is 0.721. The van der Waals surface area contributed by atoms with E-state index in [0.717, 1.165) is 42.0 Å². The molecule has 1 aromatic heterocycles. The summed E-state index contributed by atoms with van der Waals surface area (Å²) in [5.41, 5.74) is 4.05. The number of carbonyl (C=O) groups is 1. The summed E-state index contributed by atoms with van der Waals surface area (Å²) in [6.45, 7) is 2.04. The molecule has 22 heavy (non-hydrogen) atoms. The van der Waals surface area contributed by atoms with Crippen LogP contribution in [0.3, 0.4) is 0 Å². The lowest BCUT2D eigenvalue weighted by Crippen LogP contribution is -2.19. The first-order valence-electron chi connectivity index (χ1n) is 7.62. The molecule has 5 heteroatoms. The van der Waals surface area contributed by atoms with E-state index in [-0.39, 0.29) is 11.8 Å². The minimum absolute atomic E-state index is 0.0368. The molecule has 0 fully saturated rings. The van der Waals surface area contributed by atoms with Crippen LogP contribution in [0.2, 0.25) is 0 Å². The van der Waals surface area contributed by atoms with E-state index in [1.165, 1.54) is 5.56 Å². The molecule has 1 amide bonds. The van der Waals surface area contributed by atoms with Crippen molar-refractivity contribution in [2.75, 3.05) is 12.4 Å². The molecule has 1 aromatic carbocycles. The van der Waals surface area contributed by atoms with Gasteiger partial charge in [0, 0.05) is 13.2 Å². The molecule has 1 heterocycles. The molecule has 3 rings (SSSR count). The highest BCUT2D eigenvalue weighted by molar-refractivity contribution is 5.97. The number of methoxy groups -OCH3 is 1. The maximum atomic E-state index is 12.7. The minimum atomic E-state index is -0.116. The van der Waals surface area contributed by atoms with Crippen molar-refractivity contribution in [1.29, 1.82) is 0 Å². The number of aromatic nitrogens is 2. The van der Waals surface area contributed by atoms with E-state index < -0.39 is 0 Å². The zero-order chi connectivity index (χ0) is 15.7. The molecule has 0 saturated heterocycles. The normalized spacial score (nSPS) is 16.4. The molecule has 0 spiro atoms. The molecule has 5 nitrogen and oxygen atoms in total. The second kappa shape index (κ2) is 5.83. The van der Waals surface area contributed by atoms with Gasteiger partial charge in [-0.1, -0.05) is 13.0 Å². The smallest absolute Gasteiger partial charge is 0.232 e. The third-order valence-corrected chi connectivity index (χ3v) is 4.25. The lowest BCUT2D eigenvalue weighted by Gasteiger charge is -2.13. The van der Waals surface area contributed by atoms with Gasteiger partial charge in [-0.05, 0) is 42.5 Å². The van der Waals surface area contributed by atoms with Gasteiger partial charge in [-0.25, -0.2) is 0 Å². The Bertz CT molecular complexity index is 706. The van der Waals surface area contributed by atoms with Crippen LogP contribution < -0.4 is 10.1 Å². The van der Waals surface area contributed by atoms with Crippen LogP contribution in [0.4, 0.5) is 5.69 Å². The topological polar surface area (TPSA) is 56.2 Å². The van der Waals surface area contributed by atoms with Gasteiger partial charge in [0.25, 0.3) is 0 Å². The van der Waals surface area contributed by atoms with Crippen LogP contribution in [0.5, 0.6) is 5.75 Å². The van der Waals surface area contributed by atoms with Gasteiger partial charge in [-0.3, -0.25) is 9.48 Å². The van der Waals surface area contributed by atoms with Crippen molar-refractivity contribution < 1.29 is 9.53 Å².